The molecule has 4 atom stereocenters. The molecule has 0 saturated carbocycles. The summed E-state index contributed by atoms with van der Waals surface area (Å²) in [7, 11) is 0. The summed E-state index contributed by atoms with van der Waals surface area (Å²) >= 11 is 9.66. The quantitative estimate of drug-likeness (QED) is 0.0606. The monoisotopic (exact) mass is 886 g/mol. The number of unbranched alkanes of at least 4 members (excludes halogenated alkanes) is 4. The molecule has 0 saturated heterocycles. The Kier molecular flexibility index (Phi) is 14.5. The van der Waals surface area contributed by atoms with Gasteiger partial charge in [-0.3, -0.25) is 0 Å². The van der Waals surface area contributed by atoms with E-state index in [1.807, 2.05) is 22.7 Å². The Morgan fingerprint density at radius 3 is 1.19 bits per heavy atom. The van der Waals surface area contributed by atoms with E-state index in [4.69, 9.17) is 8.75 Å². The molecule has 59 heavy (non-hydrogen) atoms. The minimum absolute atomic E-state index is 0.643. The van der Waals surface area contributed by atoms with Gasteiger partial charge in [-0.05, 0) is 71.2 Å². The summed E-state index contributed by atoms with van der Waals surface area (Å²) in [6, 6.07) is 0. The van der Waals surface area contributed by atoms with Crippen LogP contribution in [0.25, 0.3) is 72.1 Å². The Labute approximate surface area is 374 Å². The Balaban J connectivity index is 1.44. The molecule has 7 aromatic heterocycles. The molecule has 0 aliphatic heterocycles. The average Bonchev–Trinajstić information content (AvgIpc) is 4.12. The zero-order valence-electron chi connectivity index (χ0n) is 37.4. The second kappa shape index (κ2) is 19.6. The van der Waals surface area contributed by atoms with Gasteiger partial charge in [-0.1, -0.05) is 145 Å². The van der Waals surface area contributed by atoms with Gasteiger partial charge in [0.05, 0.1) is 62.0 Å². The fourth-order valence-electron chi connectivity index (χ4n) is 10.3. The maximum Gasteiger partial charge on any atom is 0.116 e. The predicted molar refractivity (Wildman–Crippen MR) is 271 cm³/mol. The normalized spacial score (nSPS) is 14.8. The van der Waals surface area contributed by atoms with Crippen molar-refractivity contribution in [3.63, 3.8) is 0 Å². The maximum atomic E-state index is 5.28. The van der Waals surface area contributed by atoms with Gasteiger partial charge in [0.2, 0.25) is 0 Å². The van der Waals surface area contributed by atoms with E-state index in [0.29, 0.717) is 11.8 Å². The fourth-order valence-corrected chi connectivity index (χ4v) is 16.3. The second-order valence-electron chi connectivity index (χ2n) is 18.1. The number of aromatic nitrogens is 4. The molecule has 8 aromatic rings. The lowest BCUT2D eigenvalue weighted by molar-refractivity contribution is 0.398. The summed E-state index contributed by atoms with van der Waals surface area (Å²) in [6.45, 7) is 21.2. The van der Waals surface area contributed by atoms with Crippen LogP contribution in [0.4, 0.5) is 0 Å². The third kappa shape index (κ3) is 8.09. The van der Waals surface area contributed by atoms with Gasteiger partial charge in [0, 0.05) is 23.9 Å². The molecule has 9 heteroatoms. The van der Waals surface area contributed by atoms with E-state index < -0.39 is 0 Å². The molecular weight excluding hydrogens is 817 g/mol. The van der Waals surface area contributed by atoms with Gasteiger partial charge < -0.3 is 9.13 Å². The largest absolute Gasteiger partial charge is 0.337 e. The SMILES string of the molecule is CCCCC(CC)Cc1csc2c1sc1c3c4nsnc4c4c5sc6c(CC(CC)CCCC)csc6c5n(CC(CC)CCCC)c4c3n(CC(CC)CCCC)c21. The summed E-state index contributed by atoms with van der Waals surface area (Å²) in [4.78, 5) is 0. The first-order chi connectivity index (χ1) is 28.9. The van der Waals surface area contributed by atoms with Crippen molar-refractivity contribution in [1.29, 1.82) is 0 Å². The van der Waals surface area contributed by atoms with Crippen molar-refractivity contribution in [2.24, 2.45) is 23.7 Å². The smallest absolute Gasteiger partial charge is 0.116 e. The molecule has 0 N–H and O–H groups in total. The molecule has 0 aliphatic carbocycles. The first kappa shape index (κ1) is 43.6. The third-order valence-corrected chi connectivity index (χ3v) is 19.6. The highest BCUT2D eigenvalue weighted by molar-refractivity contribution is 7.34. The van der Waals surface area contributed by atoms with Crippen molar-refractivity contribution < 1.29 is 0 Å². The van der Waals surface area contributed by atoms with E-state index >= 15 is 0 Å². The highest BCUT2D eigenvalue weighted by atomic mass is 32.1. The number of thiophene rings is 4. The van der Waals surface area contributed by atoms with Crippen molar-refractivity contribution in [2.75, 3.05) is 0 Å². The summed E-state index contributed by atoms with van der Waals surface area (Å²) in [5.41, 5.74) is 11.3. The van der Waals surface area contributed by atoms with Crippen molar-refractivity contribution in [3.8, 4) is 0 Å². The minimum Gasteiger partial charge on any atom is -0.337 e. The molecular formula is C50H70N4S5. The van der Waals surface area contributed by atoms with Gasteiger partial charge in [-0.25, -0.2) is 0 Å². The van der Waals surface area contributed by atoms with Crippen LogP contribution in [0.3, 0.4) is 0 Å². The molecule has 4 nitrogen and oxygen atoms in total. The van der Waals surface area contributed by atoms with Crippen molar-refractivity contribution in [3.05, 3.63) is 21.9 Å². The van der Waals surface area contributed by atoms with Crippen LogP contribution >= 0.6 is 57.1 Å². The van der Waals surface area contributed by atoms with E-state index in [1.165, 1.54) is 179 Å². The van der Waals surface area contributed by atoms with Crippen LogP contribution in [0.2, 0.25) is 0 Å². The van der Waals surface area contributed by atoms with Crippen LogP contribution < -0.4 is 0 Å². The number of hydrogen-bond donors (Lipinski definition) is 0. The molecule has 0 amide bonds. The predicted octanol–water partition coefficient (Wildman–Crippen LogP) is 18.4. The molecule has 0 aliphatic rings. The molecule has 8 rings (SSSR count). The van der Waals surface area contributed by atoms with Gasteiger partial charge in [-0.15, -0.1) is 45.3 Å². The lowest BCUT2D eigenvalue weighted by atomic mass is 9.93. The maximum absolute atomic E-state index is 5.28. The van der Waals surface area contributed by atoms with Crippen molar-refractivity contribution in [1.82, 2.24) is 17.9 Å². The Morgan fingerprint density at radius 1 is 0.458 bits per heavy atom. The number of benzene rings is 1. The summed E-state index contributed by atoms with van der Waals surface area (Å²) in [5, 5.41) is 7.85. The number of rotatable bonds is 24. The van der Waals surface area contributed by atoms with E-state index in [-0.39, 0.29) is 0 Å². The van der Waals surface area contributed by atoms with Gasteiger partial charge in [0.1, 0.15) is 11.0 Å². The van der Waals surface area contributed by atoms with Crippen LogP contribution in [0.5, 0.6) is 0 Å². The molecule has 4 unspecified atom stereocenters. The topological polar surface area (TPSA) is 35.6 Å². The van der Waals surface area contributed by atoms with Crippen LogP contribution in [0.1, 0.15) is 169 Å². The second-order valence-corrected chi connectivity index (χ2v) is 22.4. The molecule has 320 valence electrons. The van der Waals surface area contributed by atoms with Gasteiger partial charge in [-0.2, -0.15) is 8.75 Å². The highest BCUT2D eigenvalue weighted by Gasteiger charge is 2.32. The molecule has 0 bridgehead atoms. The Bertz CT molecular complexity index is 2440. The van der Waals surface area contributed by atoms with E-state index in [9.17, 15) is 0 Å². The Hall–Kier alpha value is -2.04. The molecule has 0 radical (unpaired) electrons. The van der Waals surface area contributed by atoms with Gasteiger partial charge >= 0.3 is 0 Å². The van der Waals surface area contributed by atoms with Crippen LogP contribution in [-0.4, -0.2) is 17.9 Å². The van der Waals surface area contributed by atoms with Crippen LogP contribution in [-0.2, 0) is 25.9 Å². The zero-order chi connectivity index (χ0) is 41.2. The number of hydrogen-bond acceptors (Lipinski definition) is 7. The van der Waals surface area contributed by atoms with Gasteiger partial charge in [0.15, 0.2) is 0 Å². The molecule has 0 spiro atoms. The van der Waals surface area contributed by atoms with Crippen LogP contribution in [0, 0.1) is 23.7 Å². The highest BCUT2D eigenvalue weighted by Crippen LogP contribution is 2.54. The Morgan fingerprint density at radius 2 is 0.831 bits per heavy atom. The van der Waals surface area contributed by atoms with Gasteiger partial charge in [0.25, 0.3) is 0 Å². The number of nitrogens with zero attached hydrogens (tertiary/aromatic N) is 4. The van der Waals surface area contributed by atoms with Crippen molar-refractivity contribution >= 4 is 129 Å². The van der Waals surface area contributed by atoms with Crippen LogP contribution in [0.15, 0.2) is 10.8 Å². The molecule has 7 heterocycles. The average molecular weight is 887 g/mol. The zero-order valence-corrected chi connectivity index (χ0v) is 41.5. The van der Waals surface area contributed by atoms with E-state index in [2.05, 4.69) is 98.0 Å². The standard InChI is InChI=1S/C50H70N4S5/c1-9-17-21-31(13-5)25-35-29-55-49-43-47(57-45(35)49)37-39-40(52-59-51-39)38-42(41(37)53(43)27-33(15-7)23-19-11-3)54(28-34(16-8)24-20-12-4)44-48(38)58-46-36(30-56-50(44)46)26-32(14-6)22-18-10-2/h29-34H,9-28H2,1-8H3. The van der Waals surface area contributed by atoms with E-state index in [0.717, 1.165) is 36.0 Å². The first-order valence-corrected chi connectivity index (χ1v) is 28.0. The lowest BCUT2D eigenvalue weighted by Gasteiger charge is -2.20. The van der Waals surface area contributed by atoms with Crippen molar-refractivity contribution in [2.45, 2.75) is 184 Å². The summed E-state index contributed by atoms with van der Waals surface area (Å²) in [6.07, 6.45) is 23.0. The minimum atomic E-state index is 0.643. The third-order valence-electron chi connectivity index (χ3n) is 14.2. The lowest BCUT2D eigenvalue weighted by Crippen LogP contribution is -2.13. The fraction of sp³-hybridized carbons (Fsp3) is 0.640. The number of fused-ring (bicyclic) bond motifs is 14. The first-order valence-electron chi connectivity index (χ1n) is 23.9. The summed E-state index contributed by atoms with van der Waals surface area (Å²) < 4.78 is 25.3. The van der Waals surface area contributed by atoms with E-state index in [1.54, 1.807) is 20.5 Å². The molecule has 1 aromatic carbocycles. The molecule has 0 fully saturated rings. The summed E-state index contributed by atoms with van der Waals surface area (Å²) in [5.74, 6) is 2.80.